The zero-order valence-electron chi connectivity index (χ0n) is 10.3. The highest BCUT2D eigenvalue weighted by atomic mass is 32.2. The molecule has 0 N–H and O–H groups in total. The van der Waals surface area contributed by atoms with E-state index in [9.17, 15) is 4.79 Å². The summed E-state index contributed by atoms with van der Waals surface area (Å²) in [6.07, 6.45) is 3.82. The van der Waals surface area contributed by atoms with Crippen molar-refractivity contribution in [1.29, 1.82) is 0 Å². The molecular formula is C11H19NO2S3. The molecule has 98 valence electrons. The second-order valence-electron chi connectivity index (χ2n) is 3.87. The van der Waals surface area contributed by atoms with Gasteiger partial charge in [0, 0.05) is 19.2 Å². The van der Waals surface area contributed by atoms with E-state index in [1.165, 1.54) is 25.7 Å². The molecule has 6 heteroatoms. The van der Waals surface area contributed by atoms with E-state index in [-0.39, 0.29) is 5.97 Å². The van der Waals surface area contributed by atoms with Gasteiger partial charge in [0.25, 0.3) is 0 Å². The molecule has 1 aliphatic heterocycles. The highest BCUT2D eigenvalue weighted by molar-refractivity contribution is 8.22. The number of methoxy groups -OCH3 is 1. The van der Waals surface area contributed by atoms with Crippen molar-refractivity contribution in [3.63, 3.8) is 0 Å². The number of esters is 1. The predicted octanol–water partition coefficient (Wildman–Crippen LogP) is 2.74. The minimum atomic E-state index is -0.142. The Morgan fingerprint density at radius 2 is 2.41 bits per heavy atom. The maximum absolute atomic E-state index is 10.9. The van der Waals surface area contributed by atoms with Crippen molar-refractivity contribution in [2.75, 3.05) is 25.7 Å². The molecule has 1 atom stereocenters. The first-order chi connectivity index (χ1) is 8.15. The molecule has 0 aromatic rings. The lowest BCUT2D eigenvalue weighted by molar-refractivity contribution is -0.140. The summed E-state index contributed by atoms with van der Waals surface area (Å²) in [7, 11) is 3.49. The lowest BCUT2D eigenvalue weighted by atomic mass is 10.3. The van der Waals surface area contributed by atoms with Gasteiger partial charge in [-0.15, -0.1) is 11.8 Å². The van der Waals surface area contributed by atoms with E-state index < -0.39 is 0 Å². The van der Waals surface area contributed by atoms with Gasteiger partial charge in [0.2, 0.25) is 0 Å². The zero-order valence-corrected chi connectivity index (χ0v) is 12.8. The Labute approximate surface area is 117 Å². The third kappa shape index (κ3) is 5.48. The molecule has 1 heterocycles. The van der Waals surface area contributed by atoms with Gasteiger partial charge in [-0.2, -0.15) is 0 Å². The van der Waals surface area contributed by atoms with Crippen LogP contribution < -0.4 is 0 Å². The average Bonchev–Trinajstić information content (AvgIpc) is 2.86. The second-order valence-corrected chi connectivity index (χ2v) is 6.89. The number of ether oxygens (including phenoxy) is 1. The molecule has 0 radical (unpaired) electrons. The molecule has 17 heavy (non-hydrogen) atoms. The summed E-state index contributed by atoms with van der Waals surface area (Å²) in [6, 6.07) is 0. The predicted molar refractivity (Wildman–Crippen MR) is 79.5 cm³/mol. The molecule has 0 aromatic carbocycles. The Hall–Kier alpha value is 0.0600. The lowest BCUT2D eigenvalue weighted by Gasteiger charge is -2.25. The van der Waals surface area contributed by atoms with Gasteiger partial charge < -0.3 is 9.64 Å². The maximum atomic E-state index is 10.9. The molecule has 1 aliphatic rings. The van der Waals surface area contributed by atoms with Gasteiger partial charge in [0.1, 0.15) is 4.32 Å². The molecule has 1 fully saturated rings. The second kappa shape index (κ2) is 8.21. The Bertz CT molecular complexity index is 267. The summed E-state index contributed by atoms with van der Waals surface area (Å²) >= 11 is 9.02. The first kappa shape index (κ1) is 15.1. The number of carbonyl (C=O) groups is 1. The summed E-state index contributed by atoms with van der Waals surface area (Å²) in [5.41, 5.74) is 0. The van der Waals surface area contributed by atoms with Crippen molar-refractivity contribution in [2.45, 2.75) is 31.1 Å². The monoisotopic (exact) mass is 293 g/mol. The van der Waals surface area contributed by atoms with E-state index in [2.05, 4.69) is 16.7 Å². The lowest BCUT2D eigenvalue weighted by Crippen LogP contribution is -2.30. The minimum absolute atomic E-state index is 0.142. The number of thiocarbonyl (C=S) groups is 1. The molecule has 0 aliphatic carbocycles. The molecular weight excluding hydrogens is 274 g/mol. The van der Waals surface area contributed by atoms with Crippen LogP contribution in [-0.4, -0.2) is 46.2 Å². The van der Waals surface area contributed by atoms with Gasteiger partial charge in [-0.3, -0.25) is 4.79 Å². The number of rotatable bonds is 5. The third-order valence-corrected chi connectivity index (χ3v) is 5.73. The van der Waals surface area contributed by atoms with Crippen molar-refractivity contribution in [3.8, 4) is 0 Å². The van der Waals surface area contributed by atoms with Crippen LogP contribution in [0, 0.1) is 0 Å². The van der Waals surface area contributed by atoms with Crippen LogP contribution in [0.4, 0.5) is 0 Å². The van der Waals surface area contributed by atoms with Crippen molar-refractivity contribution in [3.05, 3.63) is 0 Å². The van der Waals surface area contributed by atoms with Gasteiger partial charge in [-0.1, -0.05) is 24.0 Å². The highest BCUT2D eigenvalue weighted by Crippen LogP contribution is 2.30. The van der Waals surface area contributed by atoms with Crippen LogP contribution in [-0.2, 0) is 9.53 Å². The number of hydrogen-bond donors (Lipinski definition) is 0. The van der Waals surface area contributed by atoms with Gasteiger partial charge in [-0.05, 0) is 25.0 Å². The summed E-state index contributed by atoms with van der Waals surface area (Å²) in [4.78, 5) is 13.1. The highest BCUT2D eigenvalue weighted by Gasteiger charge is 2.21. The van der Waals surface area contributed by atoms with E-state index in [0.29, 0.717) is 11.8 Å². The molecule has 1 rings (SSSR count). The van der Waals surface area contributed by atoms with Crippen LogP contribution in [0.15, 0.2) is 0 Å². The molecule has 1 unspecified atom stereocenters. The first-order valence-electron chi connectivity index (χ1n) is 5.73. The molecule has 1 saturated heterocycles. The Morgan fingerprint density at radius 1 is 1.65 bits per heavy atom. The number of carbonyl (C=O) groups excluding carboxylic acids is 1. The van der Waals surface area contributed by atoms with E-state index in [1.54, 1.807) is 11.8 Å². The van der Waals surface area contributed by atoms with Gasteiger partial charge in [0.15, 0.2) is 0 Å². The summed E-state index contributed by atoms with van der Waals surface area (Å²) in [5.74, 6) is 1.98. The smallest absolute Gasteiger partial charge is 0.305 e. The van der Waals surface area contributed by atoms with E-state index in [1.807, 2.05) is 11.8 Å². The maximum Gasteiger partial charge on any atom is 0.305 e. The van der Waals surface area contributed by atoms with Crippen molar-refractivity contribution < 1.29 is 9.53 Å². The zero-order chi connectivity index (χ0) is 12.7. The van der Waals surface area contributed by atoms with E-state index in [4.69, 9.17) is 12.2 Å². The largest absolute Gasteiger partial charge is 0.469 e. The topological polar surface area (TPSA) is 29.5 Å². The Balaban J connectivity index is 2.13. The summed E-state index contributed by atoms with van der Waals surface area (Å²) < 4.78 is 5.53. The standard InChI is InChI=1S/C11H19NO2S3/c1-12(9-5-3-7-16-9)11(15)17-8-4-6-10(13)14-2/h9H,3-8H2,1-2H3. The van der Waals surface area contributed by atoms with E-state index in [0.717, 1.165) is 16.5 Å². The Kier molecular flexibility index (Phi) is 7.30. The molecule has 0 aromatic heterocycles. The molecule has 0 amide bonds. The summed E-state index contributed by atoms with van der Waals surface area (Å²) in [5, 5.41) is 0.551. The number of thioether (sulfide) groups is 2. The van der Waals surface area contributed by atoms with Gasteiger partial charge in [0.05, 0.1) is 12.5 Å². The van der Waals surface area contributed by atoms with Gasteiger partial charge >= 0.3 is 5.97 Å². The van der Waals surface area contributed by atoms with Crippen LogP contribution in [0.5, 0.6) is 0 Å². The minimum Gasteiger partial charge on any atom is -0.469 e. The molecule has 0 spiro atoms. The SMILES string of the molecule is COC(=O)CCCSC(=S)N(C)C1CCCS1. The Morgan fingerprint density at radius 3 is 3.00 bits per heavy atom. The molecule has 0 saturated carbocycles. The van der Waals surface area contributed by atoms with Crippen LogP contribution in [0.3, 0.4) is 0 Å². The van der Waals surface area contributed by atoms with E-state index >= 15 is 0 Å². The van der Waals surface area contributed by atoms with Crippen molar-refractivity contribution >= 4 is 46.0 Å². The van der Waals surface area contributed by atoms with Crippen molar-refractivity contribution in [2.24, 2.45) is 0 Å². The quantitative estimate of drug-likeness (QED) is 0.440. The van der Waals surface area contributed by atoms with Crippen molar-refractivity contribution in [1.82, 2.24) is 4.90 Å². The van der Waals surface area contributed by atoms with Crippen LogP contribution in [0.1, 0.15) is 25.7 Å². The number of nitrogens with zero attached hydrogens (tertiary/aromatic N) is 1. The third-order valence-electron chi connectivity index (χ3n) is 2.60. The first-order valence-corrected chi connectivity index (χ1v) is 8.17. The molecule has 0 bridgehead atoms. The fourth-order valence-corrected chi connectivity index (χ4v) is 4.14. The normalized spacial score (nSPS) is 19.1. The van der Waals surface area contributed by atoms with Crippen LogP contribution >= 0.6 is 35.7 Å². The van der Waals surface area contributed by atoms with Crippen LogP contribution in [0.25, 0.3) is 0 Å². The fourth-order valence-electron chi connectivity index (χ4n) is 1.56. The average molecular weight is 293 g/mol. The molecule has 3 nitrogen and oxygen atoms in total. The summed E-state index contributed by atoms with van der Waals surface area (Å²) in [6.45, 7) is 0. The number of hydrogen-bond acceptors (Lipinski definition) is 5. The van der Waals surface area contributed by atoms with Crippen LogP contribution in [0.2, 0.25) is 0 Å². The van der Waals surface area contributed by atoms with Gasteiger partial charge in [-0.25, -0.2) is 0 Å². The fraction of sp³-hybridized carbons (Fsp3) is 0.818.